The normalized spacial score (nSPS) is 15.5. The summed E-state index contributed by atoms with van der Waals surface area (Å²) in [5.41, 5.74) is 4.73. The lowest BCUT2D eigenvalue weighted by Crippen LogP contribution is -2.17. The summed E-state index contributed by atoms with van der Waals surface area (Å²) in [5, 5.41) is 4.39. The highest BCUT2D eigenvalue weighted by molar-refractivity contribution is 5.99. The Bertz CT molecular complexity index is 1550. The van der Waals surface area contributed by atoms with Crippen LogP contribution in [0.4, 0.5) is 5.69 Å². The van der Waals surface area contributed by atoms with E-state index in [-0.39, 0.29) is 11.6 Å². The van der Waals surface area contributed by atoms with E-state index in [0.717, 1.165) is 48.0 Å². The second-order valence-electron chi connectivity index (χ2n) is 8.97. The maximum Gasteiger partial charge on any atom is 0.261 e. The summed E-state index contributed by atoms with van der Waals surface area (Å²) in [7, 11) is 0. The second-order valence-corrected chi connectivity index (χ2v) is 8.97. The van der Waals surface area contributed by atoms with Crippen LogP contribution in [0, 0.1) is 0 Å². The molecule has 1 saturated heterocycles. The molecule has 2 aromatic carbocycles. The molecule has 0 unspecified atom stereocenters. The fraction of sp³-hybridized carbons (Fsp3) is 0.259. The molecule has 1 fully saturated rings. The average molecular weight is 467 g/mol. The maximum atomic E-state index is 13.4. The minimum Gasteiger partial charge on any atom is -0.381 e. The number of rotatable bonds is 5. The summed E-state index contributed by atoms with van der Waals surface area (Å²) >= 11 is 0. The zero-order valence-corrected chi connectivity index (χ0v) is 19.4. The summed E-state index contributed by atoms with van der Waals surface area (Å²) in [6.45, 7) is 3.57. The summed E-state index contributed by atoms with van der Waals surface area (Å²) in [6.07, 6.45) is 5.47. The molecule has 5 aromatic rings. The van der Waals surface area contributed by atoms with Gasteiger partial charge in [-0.1, -0.05) is 24.3 Å². The third-order valence-corrected chi connectivity index (χ3v) is 6.69. The van der Waals surface area contributed by atoms with Gasteiger partial charge in [0, 0.05) is 31.0 Å². The van der Waals surface area contributed by atoms with E-state index in [2.05, 4.69) is 37.4 Å². The van der Waals surface area contributed by atoms with Crippen molar-refractivity contribution in [1.29, 1.82) is 0 Å². The van der Waals surface area contributed by atoms with E-state index in [0.29, 0.717) is 28.8 Å². The number of aromatic nitrogens is 5. The molecule has 0 saturated carbocycles. The first-order valence-corrected chi connectivity index (χ1v) is 11.9. The Kier molecular flexibility index (Phi) is 5.50. The Morgan fingerprint density at radius 1 is 1.00 bits per heavy atom. The molecule has 3 aromatic heterocycles. The van der Waals surface area contributed by atoms with Crippen molar-refractivity contribution < 1.29 is 4.74 Å². The third kappa shape index (κ3) is 4.06. The van der Waals surface area contributed by atoms with Gasteiger partial charge in [0.2, 0.25) is 0 Å². The SMILES string of the molecule is C[C@H](Nc1c(-c2nc3ccc(C4CCOCC4)cc3[nH]2)c(=O)[nH]c2ccccc12)c1ncccn1. The van der Waals surface area contributed by atoms with Crippen molar-refractivity contribution in [2.75, 3.05) is 18.5 Å². The van der Waals surface area contributed by atoms with Gasteiger partial charge in [-0.15, -0.1) is 0 Å². The Balaban J connectivity index is 1.47. The average Bonchev–Trinajstić information content (AvgIpc) is 3.32. The Labute approximate surface area is 201 Å². The van der Waals surface area contributed by atoms with Crippen LogP contribution in [-0.2, 0) is 4.74 Å². The van der Waals surface area contributed by atoms with Gasteiger partial charge in [0.25, 0.3) is 5.56 Å². The van der Waals surface area contributed by atoms with Gasteiger partial charge in [0.15, 0.2) is 0 Å². The number of pyridine rings is 1. The predicted octanol–water partition coefficient (Wildman–Crippen LogP) is 4.93. The molecule has 0 bridgehead atoms. The van der Waals surface area contributed by atoms with Crippen LogP contribution in [0.1, 0.15) is 43.1 Å². The fourth-order valence-electron chi connectivity index (χ4n) is 4.86. The Hall–Kier alpha value is -4.04. The zero-order chi connectivity index (χ0) is 23.8. The number of para-hydroxylation sites is 1. The first kappa shape index (κ1) is 21.5. The quantitative estimate of drug-likeness (QED) is 0.339. The molecule has 3 N–H and O–H groups in total. The number of aromatic amines is 2. The van der Waals surface area contributed by atoms with Crippen molar-refractivity contribution >= 4 is 27.6 Å². The van der Waals surface area contributed by atoms with Gasteiger partial charge in [-0.2, -0.15) is 0 Å². The van der Waals surface area contributed by atoms with Crippen molar-refractivity contribution in [3.05, 3.63) is 82.7 Å². The highest BCUT2D eigenvalue weighted by atomic mass is 16.5. The van der Waals surface area contributed by atoms with Crippen molar-refractivity contribution in [3.8, 4) is 11.4 Å². The van der Waals surface area contributed by atoms with Gasteiger partial charge in [-0.3, -0.25) is 4.79 Å². The van der Waals surface area contributed by atoms with Gasteiger partial charge in [-0.25, -0.2) is 15.0 Å². The third-order valence-electron chi connectivity index (χ3n) is 6.69. The molecular formula is C27H26N6O2. The van der Waals surface area contributed by atoms with Crippen LogP contribution < -0.4 is 10.9 Å². The van der Waals surface area contributed by atoms with Crippen LogP contribution in [0.25, 0.3) is 33.3 Å². The van der Waals surface area contributed by atoms with E-state index >= 15 is 0 Å². The summed E-state index contributed by atoms with van der Waals surface area (Å²) in [4.78, 5) is 33.4. The lowest BCUT2D eigenvalue weighted by molar-refractivity contribution is 0.0853. The largest absolute Gasteiger partial charge is 0.381 e. The smallest absolute Gasteiger partial charge is 0.261 e. The molecule has 8 heteroatoms. The Morgan fingerprint density at radius 3 is 2.63 bits per heavy atom. The molecule has 0 spiro atoms. The van der Waals surface area contributed by atoms with Crippen LogP contribution >= 0.6 is 0 Å². The topological polar surface area (TPSA) is 109 Å². The highest BCUT2D eigenvalue weighted by Gasteiger charge is 2.21. The van der Waals surface area contributed by atoms with Crippen molar-refractivity contribution in [2.24, 2.45) is 0 Å². The van der Waals surface area contributed by atoms with Gasteiger partial charge in [-0.05, 0) is 55.5 Å². The van der Waals surface area contributed by atoms with Gasteiger partial charge in [0.05, 0.1) is 28.3 Å². The van der Waals surface area contributed by atoms with E-state index in [9.17, 15) is 4.79 Å². The van der Waals surface area contributed by atoms with E-state index in [1.807, 2.05) is 37.3 Å². The molecule has 1 atom stereocenters. The zero-order valence-electron chi connectivity index (χ0n) is 19.4. The first-order chi connectivity index (χ1) is 17.2. The highest BCUT2D eigenvalue weighted by Crippen LogP contribution is 2.34. The molecule has 0 aliphatic carbocycles. The van der Waals surface area contributed by atoms with Gasteiger partial charge in [0.1, 0.15) is 17.2 Å². The molecule has 176 valence electrons. The molecule has 1 aliphatic heterocycles. The van der Waals surface area contributed by atoms with Crippen molar-refractivity contribution in [2.45, 2.75) is 31.7 Å². The minimum absolute atomic E-state index is 0.212. The van der Waals surface area contributed by atoms with E-state index in [4.69, 9.17) is 9.72 Å². The number of anilines is 1. The van der Waals surface area contributed by atoms with Crippen LogP contribution in [0.15, 0.2) is 65.7 Å². The molecule has 8 nitrogen and oxygen atoms in total. The van der Waals surface area contributed by atoms with Crippen molar-refractivity contribution in [3.63, 3.8) is 0 Å². The summed E-state index contributed by atoms with van der Waals surface area (Å²) in [6, 6.07) is 15.6. The lowest BCUT2D eigenvalue weighted by atomic mass is 9.91. The van der Waals surface area contributed by atoms with Crippen LogP contribution in [0.5, 0.6) is 0 Å². The number of ether oxygens (including phenoxy) is 1. The van der Waals surface area contributed by atoms with Gasteiger partial charge < -0.3 is 20.0 Å². The monoisotopic (exact) mass is 466 g/mol. The number of hydrogen-bond acceptors (Lipinski definition) is 6. The van der Waals surface area contributed by atoms with Crippen LogP contribution in [-0.4, -0.2) is 38.1 Å². The molecule has 0 amide bonds. The molecular weight excluding hydrogens is 440 g/mol. The summed E-state index contributed by atoms with van der Waals surface area (Å²) in [5.74, 6) is 1.65. The number of H-pyrrole nitrogens is 2. The molecule has 6 rings (SSSR count). The summed E-state index contributed by atoms with van der Waals surface area (Å²) < 4.78 is 5.52. The van der Waals surface area contributed by atoms with E-state index in [1.165, 1.54) is 5.56 Å². The maximum absolute atomic E-state index is 13.4. The molecule has 35 heavy (non-hydrogen) atoms. The number of fused-ring (bicyclic) bond motifs is 2. The van der Waals surface area contributed by atoms with Crippen LogP contribution in [0.2, 0.25) is 0 Å². The van der Waals surface area contributed by atoms with Crippen LogP contribution in [0.3, 0.4) is 0 Å². The first-order valence-electron chi connectivity index (χ1n) is 11.9. The standard InChI is InChI=1S/C27H26N6O2/c1-16(25-28-11-4-12-29-25)30-24-19-5-2-3-6-20(19)33-27(34)23(24)26-31-21-8-7-18(15-22(21)32-26)17-9-13-35-14-10-17/h2-8,11-12,15-17H,9-10,13-14H2,1H3,(H,31,32)(H2,30,33,34)/t16-/m0/s1. The number of benzene rings is 2. The number of imidazole rings is 1. The molecule has 1 aliphatic rings. The molecule has 0 radical (unpaired) electrons. The second kappa shape index (κ2) is 8.96. The number of nitrogens with one attached hydrogen (secondary N) is 3. The number of hydrogen-bond donors (Lipinski definition) is 3. The molecule has 4 heterocycles. The lowest BCUT2D eigenvalue weighted by Gasteiger charge is -2.22. The minimum atomic E-state index is -0.218. The Morgan fingerprint density at radius 2 is 1.80 bits per heavy atom. The van der Waals surface area contributed by atoms with E-state index in [1.54, 1.807) is 18.5 Å². The predicted molar refractivity (Wildman–Crippen MR) is 137 cm³/mol. The number of nitrogens with zero attached hydrogens (tertiary/aromatic N) is 3. The van der Waals surface area contributed by atoms with Gasteiger partial charge >= 0.3 is 0 Å². The fourth-order valence-corrected chi connectivity index (χ4v) is 4.86. The van der Waals surface area contributed by atoms with Crippen molar-refractivity contribution in [1.82, 2.24) is 24.9 Å². The van der Waals surface area contributed by atoms with E-state index < -0.39 is 0 Å².